The number of benzene rings is 1. The number of aromatic amines is 1. The van der Waals surface area contributed by atoms with Gasteiger partial charge in [-0.3, -0.25) is 24.4 Å². The number of methoxy groups -OCH3 is 3. The van der Waals surface area contributed by atoms with Crippen molar-refractivity contribution in [2.75, 3.05) is 40.2 Å². The van der Waals surface area contributed by atoms with Crippen LogP contribution in [0.25, 0.3) is 11.3 Å². The summed E-state index contributed by atoms with van der Waals surface area (Å²) < 4.78 is 16.0. The molecule has 3 amide bonds. The largest absolute Gasteiger partial charge is 0.493 e. The molecular weight excluding hydrogens is 412 g/mol. The van der Waals surface area contributed by atoms with Crippen LogP contribution in [0.3, 0.4) is 0 Å². The lowest BCUT2D eigenvalue weighted by molar-refractivity contribution is -0.128. The van der Waals surface area contributed by atoms with Crippen LogP contribution in [0.4, 0.5) is 4.79 Å². The topological polar surface area (TPSA) is 114 Å². The zero-order valence-corrected chi connectivity index (χ0v) is 17.4. The Labute approximate surface area is 176 Å². The van der Waals surface area contributed by atoms with E-state index in [1.807, 2.05) is 0 Å². The van der Waals surface area contributed by atoms with Crippen LogP contribution >= 0.6 is 11.8 Å². The third-order valence-electron chi connectivity index (χ3n) is 5.07. The molecule has 0 spiro atoms. The Morgan fingerprint density at radius 1 is 1.10 bits per heavy atom. The number of hydrogen-bond acceptors (Lipinski definition) is 8. The highest BCUT2D eigenvalue weighted by Crippen LogP contribution is 2.41. The number of carbonyl (C=O) groups excluding carboxylic acids is 3. The average molecular weight is 432 g/mol. The number of nitrogens with zero attached hydrogens (tertiary/aromatic N) is 3. The second-order valence-corrected chi connectivity index (χ2v) is 7.69. The number of hydrogen-bond donors (Lipinski definition) is 1. The second kappa shape index (κ2) is 7.90. The molecule has 3 heterocycles. The van der Waals surface area contributed by atoms with Gasteiger partial charge in [0.2, 0.25) is 11.7 Å². The Morgan fingerprint density at radius 3 is 2.30 bits per heavy atom. The van der Waals surface area contributed by atoms with Gasteiger partial charge in [0, 0.05) is 18.7 Å². The number of thioether (sulfide) groups is 1. The first-order chi connectivity index (χ1) is 14.5. The van der Waals surface area contributed by atoms with Gasteiger partial charge in [0.1, 0.15) is 5.69 Å². The van der Waals surface area contributed by atoms with Gasteiger partial charge in [0.05, 0.1) is 38.8 Å². The van der Waals surface area contributed by atoms with Gasteiger partial charge in [0.15, 0.2) is 11.5 Å². The van der Waals surface area contributed by atoms with E-state index in [0.29, 0.717) is 47.3 Å². The van der Waals surface area contributed by atoms with Crippen molar-refractivity contribution in [2.45, 2.75) is 6.04 Å². The zero-order valence-electron chi connectivity index (χ0n) is 16.6. The van der Waals surface area contributed by atoms with Crippen LogP contribution in [0.5, 0.6) is 17.2 Å². The van der Waals surface area contributed by atoms with E-state index in [1.54, 1.807) is 23.1 Å². The Bertz CT molecular complexity index is 975. The van der Waals surface area contributed by atoms with Crippen LogP contribution < -0.4 is 14.2 Å². The van der Waals surface area contributed by atoms with E-state index in [2.05, 4.69) is 10.2 Å². The van der Waals surface area contributed by atoms with E-state index in [-0.39, 0.29) is 28.8 Å². The summed E-state index contributed by atoms with van der Waals surface area (Å²) in [7, 11) is 4.57. The normalized spacial score (nSPS) is 16.6. The summed E-state index contributed by atoms with van der Waals surface area (Å²) in [4.78, 5) is 39.2. The quantitative estimate of drug-likeness (QED) is 0.733. The Morgan fingerprint density at radius 2 is 1.77 bits per heavy atom. The van der Waals surface area contributed by atoms with Gasteiger partial charge in [-0.2, -0.15) is 5.10 Å². The molecule has 0 radical (unpaired) electrons. The molecule has 0 saturated carbocycles. The molecule has 2 aliphatic rings. The molecule has 0 bridgehead atoms. The smallest absolute Gasteiger partial charge is 0.289 e. The number of carbonyl (C=O) groups is 3. The molecule has 2 aromatic rings. The Balaban J connectivity index is 1.49. The molecule has 2 fully saturated rings. The van der Waals surface area contributed by atoms with Crippen molar-refractivity contribution < 1.29 is 28.6 Å². The summed E-state index contributed by atoms with van der Waals surface area (Å²) in [5.74, 6) is 1.14. The maximum atomic E-state index is 12.7. The highest BCUT2D eigenvalue weighted by Gasteiger charge is 2.43. The number of nitrogens with one attached hydrogen (secondary N) is 1. The summed E-state index contributed by atoms with van der Waals surface area (Å²) in [5, 5.41) is 6.73. The molecule has 1 aromatic carbocycles. The SMILES string of the molecule is COc1cc(-c2cc(C(=O)N3CC(N4C(=O)CSC4=O)C3)[nH]n2)cc(OC)c1OC. The lowest BCUT2D eigenvalue weighted by atomic mass is 10.1. The van der Waals surface area contributed by atoms with E-state index in [0.717, 1.165) is 11.8 Å². The number of likely N-dealkylation sites (tertiary alicyclic amines) is 1. The molecule has 10 nitrogen and oxygen atoms in total. The first kappa shape index (κ1) is 20.1. The molecule has 11 heteroatoms. The van der Waals surface area contributed by atoms with Crippen molar-refractivity contribution in [1.29, 1.82) is 0 Å². The minimum absolute atomic E-state index is 0.169. The van der Waals surface area contributed by atoms with Gasteiger partial charge in [-0.15, -0.1) is 0 Å². The summed E-state index contributed by atoms with van der Waals surface area (Å²) in [6.07, 6.45) is 0. The van der Waals surface area contributed by atoms with Crippen molar-refractivity contribution in [2.24, 2.45) is 0 Å². The second-order valence-electron chi connectivity index (χ2n) is 6.76. The average Bonchev–Trinajstić information content (AvgIpc) is 3.34. The maximum absolute atomic E-state index is 12.7. The highest BCUT2D eigenvalue weighted by atomic mass is 32.2. The Kier molecular flexibility index (Phi) is 5.29. The van der Waals surface area contributed by atoms with Crippen molar-refractivity contribution in [3.05, 3.63) is 23.9 Å². The van der Waals surface area contributed by atoms with Crippen LogP contribution in [0.15, 0.2) is 18.2 Å². The fraction of sp³-hybridized carbons (Fsp3) is 0.368. The molecule has 0 unspecified atom stereocenters. The molecule has 4 rings (SSSR count). The van der Waals surface area contributed by atoms with Crippen molar-refractivity contribution in [3.63, 3.8) is 0 Å². The fourth-order valence-electron chi connectivity index (χ4n) is 3.48. The molecule has 0 atom stereocenters. The lowest BCUT2D eigenvalue weighted by Gasteiger charge is -2.42. The molecule has 158 valence electrons. The number of ether oxygens (including phenoxy) is 3. The van der Waals surface area contributed by atoms with Crippen LogP contribution in [-0.4, -0.2) is 83.3 Å². The summed E-state index contributed by atoms with van der Waals surface area (Å²) in [6, 6.07) is 4.86. The molecule has 2 saturated heterocycles. The van der Waals surface area contributed by atoms with Crippen LogP contribution in [0.1, 0.15) is 10.5 Å². The first-order valence-electron chi connectivity index (χ1n) is 9.10. The zero-order chi connectivity index (χ0) is 21.4. The van der Waals surface area contributed by atoms with Crippen molar-refractivity contribution >= 4 is 28.8 Å². The molecule has 30 heavy (non-hydrogen) atoms. The monoisotopic (exact) mass is 432 g/mol. The standard InChI is InChI=1S/C19H20N4O6S/c1-27-14-4-10(5-15(28-2)17(14)29-3)12-6-13(21-20-12)18(25)22-7-11(8-22)23-16(24)9-30-19(23)26/h4-6,11H,7-9H2,1-3H3,(H,20,21). The molecule has 2 aliphatic heterocycles. The molecular formula is C19H20N4O6S. The van der Waals surface area contributed by atoms with E-state index >= 15 is 0 Å². The summed E-state index contributed by atoms with van der Waals surface area (Å²) in [5.41, 5.74) is 1.54. The van der Waals surface area contributed by atoms with Crippen LogP contribution in [0.2, 0.25) is 0 Å². The van der Waals surface area contributed by atoms with Gasteiger partial charge in [-0.05, 0) is 18.2 Å². The van der Waals surface area contributed by atoms with E-state index in [9.17, 15) is 14.4 Å². The minimum atomic E-state index is -0.263. The predicted octanol–water partition coefficient (Wildman–Crippen LogP) is 1.62. The fourth-order valence-corrected chi connectivity index (χ4v) is 4.26. The third kappa shape index (κ3) is 3.34. The third-order valence-corrected chi connectivity index (χ3v) is 5.90. The van der Waals surface area contributed by atoms with Gasteiger partial charge in [-0.25, -0.2) is 0 Å². The van der Waals surface area contributed by atoms with Gasteiger partial charge in [0.25, 0.3) is 11.1 Å². The van der Waals surface area contributed by atoms with Crippen molar-refractivity contribution in [3.8, 4) is 28.5 Å². The maximum Gasteiger partial charge on any atom is 0.289 e. The molecule has 1 N–H and O–H groups in total. The first-order valence-corrected chi connectivity index (χ1v) is 10.1. The number of imide groups is 1. The van der Waals surface area contributed by atoms with E-state index in [1.165, 1.54) is 26.2 Å². The summed E-state index contributed by atoms with van der Waals surface area (Å²) in [6.45, 7) is 0.630. The molecule has 1 aromatic heterocycles. The lowest BCUT2D eigenvalue weighted by Crippen LogP contribution is -2.62. The van der Waals surface area contributed by atoms with Crippen LogP contribution in [0, 0.1) is 0 Å². The van der Waals surface area contributed by atoms with Gasteiger partial charge in [-0.1, -0.05) is 11.8 Å². The number of H-pyrrole nitrogens is 1. The Hall–Kier alpha value is -3.21. The van der Waals surface area contributed by atoms with Crippen molar-refractivity contribution in [1.82, 2.24) is 20.0 Å². The van der Waals surface area contributed by atoms with Gasteiger partial charge >= 0.3 is 0 Å². The summed E-state index contributed by atoms with van der Waals surface area (Å²) >= 11 is 0.995. The number of aromatic nitrogens is 2. The number of amides is 3. The van der Waals surface area contributed by atoms with E-state index in [4.69, 9.17) is 14.2 Å². The van der Waals surface area contributed by atoms with Crippen LogP contribution in [-0.2, 0) is 4.79 Å². The minimum Gasteiger partial charge on any atom is -0.493 e. The predicted molar refractivity (Wildman–Crippen MR) is 108 cm³/mol. The number of rotatable bonds is 6. The molecule has 0 aliphatic carbocycles. The highest BCUT2D eigenvalue weighted by molar-refractivity contribution is 8.14. The van der Waals surface area contributed by atoms with E-state index < -0.39 is 0 Å². The van der Waals surface area contributed by atoms with Gasteiger partial charge < -0.3 is 19.1 Å².